The van der Waals surface area contributed by atoms with E-state index in [-0.39, 0.29) is 6.04 Å². The third-order valence-corrected chi connectivity index (χ3v) is 4.20. The Kier molecular flexibility index (Phi) is 6.21. The zero-order valence-electron chi connectivity index (χ0n) is 13.1. The number of hydrogen-bond donors (Lipinski definition) is 1. The Bertz CT molecular complexity index is 536. The summed E-state index contributed by atoms with van der Waals surface area (Å²) in [5, 5.41) is 6.82. The fraction of sp³-hybridized carbons (Fsp3) is 0.471. The topological polar surface area (TPSA) is 34.1 Å². The van der Waals surface area contributed by atoms with Gasteiger partial charge in [-0.1, -0.05) is 26.0 Å². The zero-order chi connectivity index (χ0) is 15.1. The third kappa shape index (κ3) is 4.55. The molecule has 1 aromatic carbocycles. The molecule has 2 aromatic rings. The van der Waals surface area contributed by atoms with Crippen molar-refractivity contribution in [2.75, 3.05) is 13.2 Å². The number of benzene rings is 1. The summed E-state index contributed by atoms with van der Waals surface area (Å²) in [5.74, 6) is 0.935. The molecule has 0 amide bonds. The van der Waals surface area contributed by atoms with Crippen LogP contribution in [0.15, 0.2) is 29.6 Å². The summed E-state index contributed by atoms with van der Waals surface area (Å²) in [4.78, 5) is 4.64. The summed E-state index contributed by atoms with van der Waals surface area (Å²) < 4.78 is 5.65. The molecule has 0 fully saturated rings. The Morgan fingerprint density at radius 3 is 2.52 bits per heavy atom. The van der Waals surface area contributed by atoms with Crippen LogP contribution in [-0.4, -0.2) is 18.1 Å². The van der Waals surface area contributed by atoms with E-state index >= 15 is 0 Å². The van der Waals surface area contributed by atoms with Crippen molar-refractivity contribution < 1.29 is 4.74 Å². The van der Waals surface area contributed by atoms with Crippen LogP contribution in [0.25, 0.3) is 0 Å². The average molecular weight is 304 g/mol. The maximum absolute atomic E-state index is 5.65. The van der Waals surface area contributed by atoms with Crippen molar-refractivity contribution in [3.63, 3.8) is 0 Å². The first-order valence-corrected chi connectivity index (χ1v) is 8.50. The molecule has 1 unspecified atom stereocenters. The Balaban J connectivity index is 2.16. The lowest BCUT2D eigenvalue weighted by Gasteiger charge is -2.17. The third-order valence-electron chi connectivity index (χ3n) is 3.17. The van der Waals surface area contributed by atoms with Gasteiger partial charge >= 0.3 is 0 Å². The van der Waals surface area contributed by atoms with Gasteiger partial charge in [-0.05, 0) is 44.0 Å². The summed E-state index contributed by atoms with van der Waals surface area (Å²) in [6.45, 7) is 8.08. The highest BCUT2D eigenvalue weighted by atomic mass is 32.1. The van der Waals surface area contributed by atoms with Gasteiger partial charge < -0.3 is 10.1 Å². The van der Waals surface area contributed by atoms with Gasteiger partial charge in [-0.2, -0.15) is 0 Å². The van der Waals surface area contributed by atoms with Crippen LogP contribution in [0.5, 0.6) is 5.75 Å². The van der Waals surface area contributed by atoms with Crippen molar-refractivity contribution in [1.82, 2.24) is 10.3 Å². The minimum absolute atomic E-state index is 0.170. The monoisotopic (exact) mass is 304 g/mol. The van der Waals surface area contributed by atoms with Gasteiger partial charge in [0.15, 0.2) is 0 Å². The van der Waals surface area contributed by atoms with E-state index in [9.17, 15) is 0 Å². The molecule has 4 heteroatoms. The fourth-order valence-corrected chi connectivity index (χ4v) is 3.01. The molecule has 0 aliphatic heterocycles. The molecule has 1 atom stereocenters. The summed E-state index contributed by atoms with van der Waals surface area (Å²) >= 11 is 1.72. The van der Waals surface area contributed by atoms with E-state index in [1.54, 1.807) is 11.3 Å². The van der Waals surface area contributed by atoms with Gasteiger partial charge in [0.05, 0.1) is 12.6 Å². The van der Waals surface area contributed by atoms with Crippen molar-refractivity contribution in [3.05, 3.63) is 45.9 Å². The number of ether oxygens (including phenoxy) is 1. The molecule has 0 saturated heterocycles. The maximum atomic E-state index is 5.65. The van der Waals surface area contributed by atoms with E-state index in [0.29, 0.717) is 0 Å². The van der Waals surface area contributed by atoms with E-state index in [1.165, 1.54) is 5.56 Å². The van der Waals surface area contributed by atoms with Crippen molar-refractivity contribution in [2.45, 2.75) is 39.7 Å². The second-order valence-electron chi connectivity index (χ2n) is 5.13. The Morgan fingerprint density at radius 2 is 1.95 bits per heavy atom. The minimum atomic E-state index is 0.170. The fourth-order valence-electron chi connectivity index (χ4n) is 2.12. The Hall–Kier alpha value is -1.39. The molecule has 21 heavy (non-hydrogen) atoms. The summed E-state index contributed by atoms with van der Waals surface area (Å²) in [6.07, 6.45) is 2.14. The van der Waals surface area contributed by atoms with E-state index in [1.807, 2.05) is 19.1 Å². The first-order valence-electron chi connectivity index (χ1n) is 7.62. The zero-order valence-corrected chi connectivity index (χ0v) is 13.9. The van der Waals surface area contributed by atoms with Crippen LogP contribution in [0.2, 0.25) is 0 Å². The number of nitrogens with one attached hydrogen (secondary N) is 1. The number of hydrogen-bond acceptors (Lipinski definition) is 4. The normalized spacial score (nSPS) is 12.3. The molecular weight excluding hydrogens is 280 g/mol. The first-order chi connectivity index (χ1) is 10.2. The number of aryl methyl sites for hydroxylation is 1. The molecule has 0 radical (unpaired) electrons. The molecule has 2 rings (SSSR count). The quantitative estimate of drug-likeness (QED) is 0.788. The van der Waals surface area contributed by atoms with Crippen molar-refractivity contribution in [1.29, 1.82) is 0 Å². The van der Waals surface area contributed by atoms with Crippen LogP contribution in [0.3, 0.4) is 0 Å². The highest BCUT2D eigenvalue weighted by Crippen LogP contribution is 2.26. The van der Waals surface area contributed by atoms with Gasteiger partial charge in [0.25, 0.3) is 0 Å². The van der Waals surface area contributed by atoms with Crippen LogP contribution in [0, 0.1) is 6.92 Å². The first kappa shape index (κ1) is 16.0. The van der Waals surface area contributed by atoms with Gasteiger partial charge in [0.1, 0.15) is 10.8 Å². The number of thiazole rings is 1. The molecule has 3 nitrogen and oxygen atoms in total. The van der Waals surface area contributed by atoms with Crippen molar-refractivity contribution >= 4 is 11.3 Å². The van der Waals surface area contributed by atoms with Crippen LogP contribution in [0.1, 0.15) is 49.0 Å². The highest BCUT2D eigenvalue weighted by molar-refractivity contribution is 7.09. The predicted octanol–water partition coefficient (Wildman–Crippen LogP) is 4.33. The maximum Gasteiger partial charge on any atom is 0.119 e. The molecule has 114 valence electrons. The summed E-state index contributed by atoms with van der Waals surface area (Å²) in [7, 11) is 0. The average Bonchev–Trinajstić information content (AvgIpc) is 2.93. The van der Waals surface area contributed by atoms with Gasteiger partial charge in [-0.3, -0.25) is 0 Å². The summed E-state index contributed by atoms with van der Waals surface area (Å²) in [5.41, 5.74) is 2.32. The molecule has 0 aliphatic carbocycles. The molecular formula is C17H24N2OS. The molecule has 0 saturated carbocycles. The smallest absolute Gasteiger partial charge is 0.119 e. The van der Waals surface area contributed by atoms with E-state index < -0.39 is 0 Å². The minimum Gasteiger partial charge on any atom is -0.494 e. The second-order valence-corrected chi connectivity index (χ2v) is 6.02. The number of nitrogens with zero attached hydrogens (tertiary/aromatic N) is 1. The second kappa shape index (κ2) is 8.15. The standard InChI is InChI=1S/C17H24N2OS/c1-4-10-18-16(17-19-13(3)12-21-17)14-6-8-15(9-7-14)20-11-5-2/h6-9,12,16,18H,4-5,10-11H2,1-3H3. The molecule has 0 aliphatic rings. The SMILES string of the molecule is CCCNC(c1ccc(OCCC)cc1)c1nc(C)cs1. The largest absolute Gasteiger partial charge is 0.494 e. The van der Waals surface area contributed by atoms with Gasteiger partial charge in [-0.15, -0.1) is 11.3 Å². The van der Waals surface area contributed by atoms with E-state index in [4.69, 9.17) is 4.74 Å². The van der Waals surface area contributed by atoms with Gasteiger partial charge in [0, 0.05) is 11.1 Å². The Labute approximate surface area is 131 Å². The van der Waals surface area contributed by atoms with Crippen LogP contribution in [-0.2, 0) is 0 Å². The summed E-state index contributed by atoms with van der Waals surface area (Å²) in [6, 6.07) is 8.53. The molecule has 1 N–H and O–H groups in total. The lowest BCUT2D eigenvalue weighted by Crippen LogP contribution is -2.23. The number of rotatable bonds is 8. The van der Waals surface area contributed by atoms with Crippen LogP contribution in [0.4, 0.5) is 0 Å². The van der Waals surface area contributed by atoms with Crippen LogP contribution >= 0.6 is 11.3 Å². The molecule has 0 spiro atoms. The predicted molar refractivity (Wildman–Crippen MR) is 89.2 cm³/mol. The van der Waals surface area contributed by atoms with Crippen molar-refractivity contribution in [2.24, 2.45) is 0 Å². The van der Waals surface area contributed by atoms with Crippen LogP contribution < -0.4 is 10.1 Å². The lowest BCUT2D eigenvalue weighted by atomic mass is 10.1. The van der Waals surface area contributed by atoms with Gasteiger partial charge in [-0.25, -0.2) is 4.98 Å². The van der Waals surface area contributed by atoms with E-state index in [2.05, 4.69) is 41.7 Å². The molecule has 1 aromatic heterocycles. The van der Waals surface area contributed by atoms with Gasteiger partial charge in [0.2, 0.25) is 0 Å². The molecule has 0 bridgehead atoms. The van der Waals surface area contributed by atoms with Crippen molar-refractivity contribution in [3.8, 4) is 5.75 Å². The Morgan fingerprint density at radius 1 is 1.19 bits per heavy atom. The highest BCUT2D eigenvalue weighted by Gasteiger charge is 2.16. The lowest BCUT2D eigenvalue weighted by molar-refractivity contribution is 0.317. The number of aromatic nitrogens is 1. The van der Waals surface area contributed by atoms with E-state index in [0.717, 1.165) is 42.4 Å². The molecule has 1 heterocycles.